The van der Waals surface area contributed by atoms with Crippen molar-refractivity contribution in [3.63, 3.8) is 0 Å². The molecule has 1 aromatic rings. The Kier molecular flexibility index (Phi) is 4.81. The summed E-state index contributed by atoms with van der Waals surface area (Å²) in [4.78, 5) is 12.5. The van der Waals surface area contributed by atoms with Crippen molar-refractivity contribution in [3.05, 3.63) is 29.8 Å². The van der Waals surface area contributed by atoms with Crippen molar-refractivity contribution in [2.75, 3.05) is 33.4 Å². The Morgan fingerprint density at radius 3 is 2.43 bits per heavy atom. The number of nitrogens with one attached hydrogen (secondary N) is 2. The minimum Gasteiger partial charge on any atom is -0.347 e. The van der Waals surface area contributed by atoms with Crippen molar-refractivity contribution in [2.45, 2.75) is 10.9 Å². The lowest BCUT2D eigenvalue weighted by Crippen LogP contribution is -2.62. The summed E-state index contributed by atoms with van der Waals surface area (Å²) in [6, 6.07) is 5.85. The van der Waals surface area contributed by atoms with Crippen LogP contribution in [0.15, 0.2) is 29.2 Å². The molecule has 0 bridgehead atoms. The van der Waals surface area contributed by atoms with Gasteiger partial charge in [0.05, 0.1) is 15.8 Å². The van der Waals surface area contributed by atoms with Crippen molar-refractivity contribution < 1.29 is 17.4 Å². The third-order valence-corrected chi connectivity index (χ3v) is 6.54. The van der Waals surface area contributed by atoms with E-state index >= 15 is 0 Å². The highest BCUT2D eigenvalue weighted by Gasteiger charge is 2.37. The summed E-state index contributed by atoms with van der Waals surface area (Å²) in [6.07, 6.45) is 1.29. The van der Waals surface area contributed by atoms with Crippen molar-refractivity contribution in [2.24, 2.45) is 0 Å². The molecule has 1 heterocycles. The van der Waals surface area contributed by atoms with Crippen LogP contribution in [0, 0.1) is 4.78 Å². The highest BCUT2D eigenvalue weighted by molar-refractivity contribution is 7.91. The number of benzene rings is 1. The number of carbonyl (C=O) groups excluding carboxylic acids is 1. The summed E-state index contributed by atoms with van der Waals surface area (Å²) in [5.74, 6) is -0.373. The molecule has 0 aliphatic carbocycles. The third-order valence-electron chi connectivity index (χ3n) is 3.52. The Morgan fingerprint density at radius 1 is 1.30 bits per heavy atom. The van der Waals surface area contributed by atoms with Gasteiger partial charge in [-0.2, -0.15) is 17.0 Å². The molecule has 128 valence electrons. The summed E-state index contributed by atoms with van der Waals surface area (Å²) in [5, 5.41) is 2.73. The molecule has 1 saturated heterocycles. The number of nitrogens with zero attached hydrogens (tertiary/aromatic N) is 2. The van der Waals surface area contributed by atoms with Gasteiger partial charge in [0.2, 0.25) is 0 Å². The van der Waals surface area contributed by atoms with Crippen molar-refractivity contribution in [1.82, 2.24) is 13.9 Å². The van der Waals surface area contributed by atoms with E-state index in [9.17, 15) is 17.4 Å². The highest BCUT2D eigenvalue weighted by Crippen LogP contribution is 2.17. The predicted molar refractivity (Wildman–Crippen MR) is 86.9 cm³/mol. The van der Waals surface area contributed by atoms with E-state index in [1.807, 2.05) is 0 Å². The second kappa shape index (κ2) is 6.19. The van der Waals surface area contributed by atoms with Crippen LogP contribution in [0.1, 0.15) is 10.4 Å². The molecule has 1 aromatic carbocycles. The molecule has 2 rings (SSSR count). The van der Waals surface area contributed by atoms with Crippen LogP contribution >= 0.6 is 0 Å². The molecule has 0 aromatic heterocycles. The van der Waals surface area contributed by atoms with E-state index in [0.29, 0.717) is 5.56 Å². The van der Waals surface area contributed by atoms with Gasteiger partial charge >= 0.3 is 0 Å². The Morgan fingerprint density at radius 2 is 1.91 bits per heavy atom. The van der Waals surface area contributed by atoms with E-state index in [4.69, 9.17) is 4.78 Å². The number of amides is 1. The number of carbonyl (C=O) groups is 1. The molecule has 10 heteroatoms. The number of hydrogen-bond donors (Lipinski definition) is 2. The topological polar surface area (TPSA) is 111 Å². The Balaban J connectivity index is 2.00. The van der Waals surface area contributed by atoms with Crippen molar-refractivity contribution in [3.8, 4) is 0 Å². The zero-order valence-electron chi connectivity index (χ0n) is 13.1. The maximum absolute atomic E-state index is 12.2. The standard InChI is InChI=1S/C13H20N4O4S2/c1-16(2)23(20,21)17-8-11(9-17)15-13(18)10-5-4-6-12(7-10)22(3,14)19/h4-7,11,14H,8-9H2,1-3H3,(H,15,18). The molecule has 2 N–H and O–H groups in total. The van der Waals surface area contributed by atoms with E-state index in [0.717, 1.165) is 4.31 Å². The maximum Gasteiger partial charge on any atom is 0.281 e. The molecular weight excluding hydrogens is 340 g/mol. The van der Waals surface area contributed by atoms with Crippen LogP contribution in [0.4, 0.5) is 0 Å². The molecule has 1 atom stereocenters. The first kappa shape index (κ1) is 17.9. The lowest BCUT2D eigenvalue weighted by atomic mass is 10.1. The van der Waals surface area contributed by atoms with Gasteiger partial charge in [0.15, 0.2) is 0 Å². The molecule has 8 nitrogen and oxygen atoms in total. The first-order valence-corrected chi connectivity index (χ1v) is 10.2. The van der Waals surface area contributed by atoms with Crippen molar-refractivity contribution in [1.29, 1.82) is 4.78 Å². The summed E-state index contributed by atoms with van der Waals surface area (Å²) >= 11 is 0. The van der Waals surface area contributed by atoms with E-state index in [1.165, 1.54) is 30.7 Å². The molecule has 1 fully saturated rings. The van der Waals surface area contributed by atoms with Crippen LogP contribution in [0.25, 0.3) is 0 Å². The summed E-state index contributed by atoms with van der Waals surface area (Å²) in [5.41, 5.74) is 0.304. The average molecular weight is 360 g/mol. The quantitative estimate of drug-likeness (QED) is 0.766. The van der Waals surface area contributed by atoms with Crippen LogP contribution in [0.2, 0.25) is 0 Å². The average Bonchev–Trinajstić information content (AvgIpc) is 2.40. The lowest BCUT2D eigenvalue weighted by Gasteiger charge is -2.39. The zero-order chi connectivity index (χ0) is 17.4. The minimum atomic E-state index is -3.45. The molecule has 1 unspecified atom stereocenters. The normalized spacial score (nSPS) is 19.1. The fraction of sp³-hybridized carbons (Fsp3) is 0.462. The van der Waals surface area contributed by atoms with Gasteiger partial charge < -0.3 is 5.32 Å². The molecular formula is C13H20N4O4S2. The first-order valence-electron chi connectivity index (χ1n) is 6.84. The molecule has 23 heavy (non-hydrogen) atoms. The maximum atomic E-state index is 12.2. The fourth-order valence-electron chi connectivity index (χ4n) is 2.10. The monoisotopic (exact) mass is 360 g/mol. The van der Waals surface area contributed by atoms with Gasteiger partial charge in [-0.3, -0.25) is 4.79 Å². The third kappa shape index (κ3) is 3.89. The fourth-order valence-corrected chi connectivity index (χ4v) is 3.99. The number of rotatable bonds is 5. The largest absolute Gasteiger partial charge is 0.347 e. The van der Waals surface area contributed by atoms with Crippen LogP contribution in [-0.4, -0.2) is 66.6 Å². The molecule has 1 aliphatic rings. The van der Waals surface area contributed by atoms with Crippen LogP contribution in [-0.2, 0) is 19.9 Å². The molecule has 0 spiro atoms. The van der Waals surface area contributed by atoms with Gasteiger partial charge in [0.25, 0.3) is 16.1 Å². The predicted octanol–water partition coefficient (Wildman–Crippen LogP) is -0.0575. The first-order chi connectivity index (χ1) is 10.5. The van der Waals surface area contributed by atoms with Crippen LogP contribution in [0.5, 0.6) is 0 Å². The second-order valence-corrected chi connectivity index (χ2v) is 9.95. The summed E-state index contributed by atoms with van der Waals surface area (Å²) in [6.45, 7) is 0.434. The zero-order valence-corrected chi connectivity index (χ0v) is 14.8. The molecule has 0 radical (unpaired) electrons. The Hall–Kier alpha value is -1.49. The van der Waals surface area contributed by atoms with Gasteiger partial charge in [-0.25, -0.2) is 8.99 Å². The molecule has 1 aliphatic heterocycles. The number of hydrogen-bond acceptors (Lipinski definition) is 5. The summed E-state index contributed by atoms with van der Waals surface area (Å²) in [7, 11) is -3.43. The second-order valence-electron chi connectivity index (χ2n) is 5.65. The van der Waals surface area contributed by atoms with Crippen LogP contribution in [0.3, 0.4) is 0 Å². The Labute approximate surface area is 136 Å². The van der Waals surface area contributed by atoms with Gasteiger partial charge in [-0.05, 0) is 18.2 Å². The Bertz CT molecular complexity index is 812. The van der Waals surface area contributed by atoms with E-state index in [1.54, 1.807) is 18.2 Å². The highest BCUT2D eigenvalue weighted by atomic mass is 32.2. The van der Waals surface area contributed by atoms with Gasteiger partial charge in [-0.1, -0.05) is 6.07 Å². The SMILES string of the molecule is CN(C)S(=O)(=O)N1CC(NC(=O)c2cccc(S(C)(=N)=O)c2)C1. The van der Waals surface area contributed by atoms with Crippen molar-refractivity contribution >= 4 is 25.8 Å². The van der Waals surface area contributed by atoms with E-state index in [-0.39, 0.29) is 29.9 Å². The molecule has 0 saturated carbocycles. The van der Waals surface area contributed by atoms with Gasteiger partial charge in [-0.15, -0.1) is 0 Å². The van der Waals surface area contributed by atoms with E-state index < -0.39 is 19.9 Å². The smallest absolute Gasteiger partial charge is 0.281 e. The molecule has 1 amide bonds. The summed E-state index contributed by atoms with van der Waals surface area (Å²) < 4.78 is 45.4. The van der Waals surface area contributed by atoms with Crippen LogP contribution < -0.4 is 5.32 Å². The van der Waals surface area contributed by atoms with E-state index in [2.05, 4.69) is 5.32 Å². The lowest BCUT2D eigenvalue weighted by molar-refractivity contribution is 0.0892. The van der Waals surface area contributed by atoms with Gasteiger partial charge in [0.1, 0.15) is 0 Å². The minimum absolute atomic E-state index is 0.217. The van der Waals surface area contributed by atoms with Gasteiger partial charge in [0, 0.05) is 43.9 Å².